The van der Waals surface area contributed by atoms with Crippen molar-refractivity contribution in [3.8, 4) is 5.75 Å². The Morgan fingerprint density at radius 1 is 1.16 bits per heavy atom. The van der Waals surface area contributed by atoms with Crippen molar-refractivity contribution >= 4 is 21.6 Å². The minimum absolute atomic E-state index is 0.362. The molecule has 0 spiro atoms. The largest absolute Gasteiger partial charge is 0.497 e. The van der Waals surface area contributed by atoms with E-state index in [4.69, 9.17) is 4.74 Å². The molecule has 0 aliphatic carbocycles. The molecule has 0 aliphatic heterocycles. The number of benzene rings is 2. The van der Waals surface area contributed by atoms with Crippen LogP contribution in [0, 0.1) is 0 Å². The van der Waals surface area contributed by atoms with E-state index in [1.165, 1.54) is 5.56 Å². The molecule has 2 rings (SSSR count). The molecule has 3 heteroatoms. The zero-order valence-electron chi connectivity index (χ0n) is 11.2. The Morgan fingerprint density at radius 2 is 1.89 bits per heavy atom. The Kier molecular flexibility index (Phi) is 4.86. The summed E-state index contributed by atoms with van der Waals surface area (Å²) in [6.07, 6.45) is 0.996. The molecule has 0 fully saturated rings. The monoisotopic (exact) mass is 319 g/mol. The lowest BCUT2D eigenvalue weighted by Gasteiger charge is -2.16. The Hall–Kier alpha value is -1.48. The number of hydrogen-bond acceptors (Lipinski definition) is 2. The summed E-state index contributed by atoms with van der Waals surface area (Å²) >= 11 is 3.49. The van der Waals surface area contributed by atoms with Crippen molar-refractivity contribution in [1.29, 1.82) is 0 Å². The fourth-order valence-corrected chi connectivity index (χ4v) is 2.54. The molecular weight excluding hydrogens is 302 g/mol. The van der Waals surface area contributed by atoms with Crippen molar-refractivity contribution in [2.75, 3.05) is 12.4 Å². The predicted octanol–water partition coefficient (Wildman–Crippen LogP) is 4.50. The highest BCUT2D eigenvalue weighted by Crippen LogP contribution is 2.25. The molecule has 1 N–H and O–H groups in total. The van der Waals surface area contributed by atoms with E-state index in [0.717, 1.165) is 22.3 Å². The zero-order valence-corrected chi connectivity index (χ0v) is 12.8. The third kappa shape index (κ3) is 4.28. The molecule has 1 unspecified atom stereocenters. The summed E-state index contributed by atoms with van der Waals surface area (Å²) in [6, 6.07) is 16.9. The zero-order chi connectivity index (χ0) is 13.7. The van der Waals surface area contributed by atoms with Gasteiger partial charge in [0.2, 0.25) is 0 Å². The number of methoxy groups -OCH3 is 1. The van der Waals surface area contributed by atoms with Crippen LogP contribution in [-0.4, -0.2) is 13.2 Å². The molecule has 19 heavy (non-hydrogen) atoms. The van der Waals surface area contributed by atoms with Crippen LogP contribution in [0.15, 0.2) is 53.0 Å². The van der Waals surface area contributed by atoms with Gasteiger partial charge in [-0.25, -0.2) is 0 Å². The molecule has 2 aromatic carbocycles. The van der Waals surface area contributed by atoms with Gasteiger partial charge in [-0.1, -0.05) is 46.3 Å². The number of anilines is 1. The van der Waals surface area contributed by atoms with E-state index < -0.39 is 0 Å². The minimum atomic E-state index is 0.362. The standard InChI is InChI=1S/C16H18BrNO/c1-12(8-13-6-4-3-5-7-13)18-15-9-14(17)10-16(11-15)19-2/h3-7,9-12,18H,8H2,1-2H3. The van der Waals surface area contributed by atoms with Gasteiger partial charge in [0.15, 0.2) is 0 Å². The van der Waals surface area contributed by atoms with E-state index >= 15 is 0 Å². The van der Waals surface area contributed by atoms with Gasteiger partial charge in [-0.2, -0.15) is 0 Å². The van der Waals surface area contributed by atoms with Crippen molar-refractivity contribution in [2.45, 2.75) is 19.4 Å². The van der Waals surface area contributed by atoms with Crippen molar-refractivity contribution in [2.24, 2.45) is 0 Å². The summed E-state index contributed by atoms with van der Waals surface area (Å²) in [7, 11) is 1.68. The van der Waals surface area contributed by atoms with Crippen LogP contribution in [-0.2, 0) is 6.42 Å². The van der Waals surface area contributed by atoms with Crippen molar-refractivity contribution in [3.63, 3.8) is 0 Å². The van der Waals surface area contributed by atoms with Gasteiger partial charge < -0.3 is 10.1 Å². The quantitative estimate of drug-likeness (QED) is 0.876. The molecule has 2 nitrogen and oxygen atoms in total. The van der Waals surface area contributed by atoms with E-state index in [0.29, 0.717) is 6.04 Å². The molecule has 0 amide bonds. The predicted molar refractivity (Wildman–Crippen MR) is 83.9 cm³/mol. The van der Waals surface area contributed by atoms with Gasteiger partial charge in [0, 0.05) is 22.3 Å². The maximum atomic E-state index is 5.27. The van der Waals surface area contributed by atoms with Crippen LogP contribution in [0.5, 0.6) is 5.75 Å². The Labute approximate surface area is 122 Å². The Balaban J connectivity index is 2.02. The van der Waals surface area contributed by atoms with Crippen molar-refractivity contribution in [3.05, 3.63) is 58.6 Å². The van der Waals surface area contributed by atoms with E-state index in [1.807, 2.05) is 18.2 Å². The van der Waals surface area contributed by atoms with Crippen LogP contribution in [0.4, 0.5) is 5.69 Å². The molecule has 0 saturated carbocycles. The molecule has 0 aromatic heterocycles. The lowest BCUT2D eigenvalue weighted by Crippen LogP contribution is -2.18. The maximum Gasteiger partial charge on any atom is 0.122 e. The Bertz CT molecular complexity index is 528. The van der Waals surface area contributed by atoms with Crippen molar-refractivity contribution < 1.29 is 4.74 Å². The summed E-state index contributed by atoms with van der Waals surface area (Å²) in [6.45, 7) is 2.18. The van der Waals surface area contributed by atoms with Gasteiger partial charge >= 0.3 is 0 Å². The number of rotatable bonds is 5. The second-order valence-electron chi connectivity index (χ2n) is 4.61. The molecule has 0 bridgehead atoms. The molecular formula is C16H18BrNO. The average Bonchev–Trinajstić information content (AvgIpc) is 2.38. The number of nitrogens with one attached hydrogen (secondary N) is 1. The highest BCUT2D eigenvalue weighted by Gasteiger charge is 2.05. The smallest absolute Gasteiger partial charge is 0.122 e. The summed E-state index contributed by atoms with van der Waals surface area (Å²) in [4.78, 5) is 0. The van der Waals surface area contributed by atoms with Crippen LogP contribution >= 0.6 is 15.9 Å². The maximum absolute atomic E-state index is 5.27. The highest BCUT2D eigenvalue weighted by molar-refractivity contribution is 9.10. The van der Waals surface area contributed by atoms with Crippen LogP contribution in [0.3, 0.4) is 0 Å². The summed E-state index contributed by atoms with van der Waals surface area (Å²) < 4.78 is 6.28. The summed E-state index contributed by atoms with van der Waals surface area (Å²) in [5, 5.41) is 3.50. The third-order valence-corrected chi connectivity index (χ3v) is 3.36. The molecule has 1 atom stereocenters. The molecule has 0 saturated heterocycles. The molecule has 100 valence electrons. The van der Waals surface area contributed by atoms with Gasteiger partial charge in [-0.3, -0.25) is 0 Å². The van der Waals surface area contributed by atoms with Crippen molar-refractivity contribution in [1.82, 2.24) is 0 Å². The van der Waals surface area contributed by atoms with Gasteiger partial charge in [0.05, 0.1) is 7.11 Å². The molecule has 0 heterocycles. The van der Waals surface area contributed by atoms with Gasteiger partial charge in [0.25, 0.3) is 0 Å². The highest BCUT2D eigenvalue weighted by atomic mass is 79.9. The van der Waals surface area contributed by atoms with Gasteiger partial charge in [-0.05, 0) is 31.0 Å². The third-order valence-electron chi connectivity index (χ3n) is 2.90. The van der Waals surface area contributed by atoms with E-state index in [9.17, 15) is 0 Å². The van der Waals surface area contributed by atoms with E-state index in [-0.39, 0.29) is 0 Å². The van der Waals surface area contributed by atoms with E-state index in [1.54, 1.807) is 7.11 Å². The summed E-state index contributed by atoms with van der Waals surface area (Å²) in [5.41, 5.74) is 2.40. The van der Waals surface area contributed by atoms with Gasteiger partial charge in [-0.15, -0.1) is 0 Å². The molecule has 0 radical (unpaired) electrons. The minimum Gasteiger partial charge on any atom is -0.497 e. The van der Waals surface area contributed by atoms with Crippen LogP contribution in [0.25, 0.3) is 0 Å². The van der Waals surface area contributed by atoms with E-state index in [2.05, 4.69) is 58.5 Å². The van der Waals surface area contributed by atoms with Crippen LogP contribution < -0.4 is 10.1 Å². The van der Waals surface area contributed by atoms with Gasteiger partial charge in [0.1, 0.15) is 5.75 Å². The fourth-order valence-electron chi connectivity index (χ4n) is 2.07. The first-order valence-corrected chi connectivity index (χ1v) is 7.11. The first-order chi connectivity index (χ1) is 9.17. The first kappa shape index (κ1) is 13.9. The van der Waals surface area contributed by atoms with Crippen LogP contribution in [0.1, 0.15) is 12.5 Å². The number of halogens is 1. The number of hydrogen-bond donors (Lipinski definition) is 1. The normalized spacial score (nSPS) is 11.9. The average molecular weight is 320 g/mol. The second kappa shape index (κ2) is 6.62. The second-order valence-corrected chi connectivity index (χ2v) is 5.53. The number of ether oxygens (including phenoxy) is 1. The fraction of sp³-hybridized carbons (Fsp3) is 0.250. The molecule has 0 aliphatic rings. The summed E-state index contributed by atoms with van der Waals surface area (Å²) in [5.74, 6) is 0.851. The lowest BCUT2D eigenvalue weighted by molar-refractivity contribution is 0.414. The SMILES string of the molecule is COc1cc(Br)cc(NC(C)Cc2ccccc2)c1. The topological polar surface area (TPSA) is 21.3 Å². The first-order valence-electron chi connectivity index (χ1n) is 6.32. The van der Waals surface area contributed by atoms with Crippen LogP contribution in [0.2, 0.25) is 0 Å². The molecule has 2 aromatic rings. The lowest BCUT2D eigenvalue weighted by atomic mass is 10.1. The Morgan fingerprint density at radius 3 is 2.58 bits per heavy atom.